The molecule has 0 heterocycles. The smallest absolute Gasteiger partial charge is 0.387 e. The molecule has 2 aromatic carbocycles. The molecular weight excluding hydrogens is 434 g/mol. The first kappa shape index (κ1) is 26.2. The van der Waals surface area contributed by atoms with Gasteiger partial charge in [0.25, 0.3) is 0 Å². The van der Waals surface area contributed by atoms with Gasteiger partial charge in [0.05, 0.1) is 5.56 Å². The molecule has 0 aromatic heterocycles. The van der Waals surface area contributed by atoms with Gasteiger partial charge in [-0.1, -0.05) is 70.4 Å². The van der Waals surface area contributed by atoms with Crippen molar-refractivity contribution in [3.05, 3.63) is 59.7 Å². The zero-order valence-electron chi connectivity index (χ0n) is 20.3. The molecule has 1 fully saturated rings. The molecule has 1 saturated carbocycles. The fourth-order valence-corrected chi connectivity index (χ4v) is 4.92. The van der Waals surface area contributed by atoms with Gasteiger partial charge in [-0.25, -0.2) is 4.79 Å². The zero-order chi connectivity index (χ0) is 24.2. The maximum Gasteiger partial charge on any atom is 0.387 e. The van der Waals surface area contributed by atoms with Crippen molar-refractivity contribution < 1.29 is 23.0 Å². The number of hydrogen-bond donors (Lipinski definition) is 0. The minimum absolute atomic E-state index is 0.00744. The molecule has 1 aliphatic rings. The summed E-state index contributed by atoms with van der Waals surface area (Å²) in [6.07, 6.45) is 16.1. The molecule has 186 valence electrons. The SMILES string of the molecule is CCCCCCCCCC1CCC(c2ccc(OC(=O)c3ccc(OC(F)F)cc3)cc2)CC1. The lowest BCUT2D eigenvalue weighted by Gasteiger charge is -2.29. The normalized spacial score (nSPS) is 18.1. The second-order valence-electron chi connectivity index (χ2n) is 9.49. The third kappa shape index (κ3) is 8.73. The Morgan fingerprint density at radius 2 is 1.41 bits per heavy atom. The average Bonchev–Trinajstić information content (AvgIpc) is 2.84. The van der Waals surface area contributed by atoms with Crippen LogP contribution in [0.3, 0.4) is 0 Å². The van der Waals surface area contributed by atoms with Crippen molar-refractivity contribution in [2.24, 2.45) is 5.92 Å². The molecule has 0 spiro atoms. The zero-order valence-corrected chi connectivity index (χ0v) is 20.3. The number of alkyl halides is 2. The summed E-state index contributed by atoms with van der Waals surface area (Å²) in [5.41, 5.74) is 1.59. The molecule has 1 aliphatic carbocycles. The van der Waals surface area contributed by atoms with Crippen LogP contribution < -0.4 is 9.47 Å². The maximum absolute atomic E-state index is 12.3. The highest BCUT2D eigenvalue weighted by atomic mass is 19.3. The number of carbonyl (C=O) groups is 1. The molecule has 0 atom stereocenters. The summed E-state index contributed by atoms with van der Waals surface area (Å²) in [7, 11) is 0. The minimum Gasteiger partial charge on any atom is -0.435 e. The molecule has 0 unspecified atom stereocenters. The number of hydrogen-bond acceptors (Lipinski definition) is 3. The number of carbonyl (C=O) groups excluding carboxylic acids is 1. The van der Waals surface area contributed by atoms with Crippen molar-refractivity contribution in [1.82, 2.24) is 0 Å². The summed E-state index contributed by atoms with van der Waals surface area (Å²) in [5.74, 6) is 1.42. The standard InChI is InChI=1S/C29H38F2O3/c1-2-3-4-5-6-7-8-9-22-10-12-23(13-11-22)24-14-18-26(19-15-24)33-28(32)25-16-20-27(21-17-25)34-29(30)31/h14-23,29H,2-13H2,1H3. The quantitative estimate of drug-likeness (QED) is 0.166. The van der Waals surface area contributed by atoms with E-state index in [0.29, 0.717) is 11.7 Å². The van der Waals surface area contributed by atoms with Crippen LogP contribution in [-0.4, -0.2) is 12.6 Å². The highest BCUT2D eigenvalue weighted by Crippen LogP contribution is 2.38. The highest BCUT2D eigenvalue weighted by molar-refractivity contribution is 5.91. The number of halogens is 2. The molecule has 0 aliphatic heterocycles. The first-order valence-electron chi connectivity index (χ1n) is 12.9. The summed E-state index contributed by atoms with van der Waals surface area (Å²) >= 11 is 0. The molecule has 5 heteroatoms. The Balaban J connectivity index is 1.38. The fourth-order valence-electron chi connectivity index (χ4n) is 4.92. The van der Waals surface area contributed by atoms with Crippen LogP contribution in [0.4, 0.5) is 8.78 Å². The fraction of sp³-hybridized carbons (Fsp3) is 0.552. The summed E-state index contributed by atoms with van der Waals surface area (Å²) in [6.45, 7) is -0.628. The topological polar surface area (TPSA) is 35.5 Å². The summed E-state index contributed by atoms with van der Waals surface area (Å²) in [5, 5.41) is 0. The molecular formula is C29H38F2O3. The predicted octanol–water partition coefficient (Wildman–Crippen LogP) is 8.92. The van der Waals surface area contributed by atoms with Crippen molar-refractivity contribution in [2.45, 2.75) is 96.5 Å². The number of ether oxygens (including phenoxy) is 2. The van der Waals surface area contributed by atoms with Crippen molar-refractivity contribution in [3.63, 3.8) is 0 Å². The average molecular weight is 473 g/mol. The number of benzene rings is 2. The van der Waals surface area contributed by atoms with Crippen molar-refractivity contribution in [2.75, 3.05) is 0 Å². The van der Waals surface area contributed by atoms with E-state index in [-0.39, 0.29) is 11.3 Å². The van der Waals surface area contributed by atoms with Crippen LogP contribution in [-0.2, 0) is 0 Å². The second kappa shape index (κ2) is 14.1. The summed E-state index contributed by atoms with van der Waals surface area (Å²) in [4.78, 5) is 12.3. The molecule has 2 aromatic rings. The van der Waals surface area contributed by atoms with Crippen LogP contribution in [0.2, 0.25) is 0 Å². The molecule has 34 heavy (non-hydrogen) atoms. The second-order valence-corrected chi connectivity index (χ2v) is 9.49. The number of rotatable bonds is 13. The van der Waals surface area contributed by atoms with Crippen molar-refractivity contribution in [3.8, 4) is 11.5 Å². The maximum atomic E-state index is 12.3. The lowest BCUT2D eigenvalue weighted by atomic mass is 9.77. The highest BCUT2D eigenvalue weighted by Gasteiger charge is 2.22. The van der Waals surface area contributed by atoms with E-state index in [1.807, 2.05) is 12.1 Å². The first-order valence-corrected chi connectivity index (χ1v) is 12.9. The van der Waals surface area contributed by atoms with Crippen molar-refractivity contribution >= 4 is 5.97 Å². The van der Waals surface area contributed by atoms with E-state index in [0.717, 1.165) is 5.92 Å². The van der Waals surface area contributed by atoms with E-state index in [1.54, 1.807) is 0 Å². The third-order valence-corrected chi connectivity index (χ3v) is 6.94. The van der Waals surface area contributed by atoms with Gasteiger partial charge in [0.2, 0.25) is 0 Å². The van der Waals surface area contributed by atoms with Crippen LogP contribution in [0, 0.1) is 5.92 Å². The predicted molar refractivity (Wildman–Crippen MR) is 132 cm³/mol. The Bertz CT molecular complexity index is 841. The molecule has 3 rings (SSSR count). The van der Waals surface area contributed by atoms with E-state index >= 15 is 0 Å². The van der Waals surface area contributed by atoms with E-state index < -0.39 is 12.6 Å². The van der Waals surface area contributed by atoms with Gasteiger partial charge < -0.3 is 9.47 Å². The monoisotopic (exact) mass is 472 g/mol. The molecule has 0 radical (unpaired) electrons. The van der Waals surface area contributed by atoms with Gasteiger partial charge in [0, 0.05) is 0 Å². The van der Waals surface area contributed by atoms with Gasteiger partial charge in [-0.15, -0.1) is 0 Å². The van der Waals surface area contributed by atoms with Crippen molar-refractivity contribution in [1.29, 1.82) is 0 Å². The summed E-state index contributed by atoms with van der Waals surface area (Å²) in [6, 6.07) is 13.3. The number of unbranched alkanes of at least 4 members (excludes halogenated alkanes) is 6. The van der Waals surface area contributed by atoms with Crippen LogP contribution in [0.1, 0.15) is 106 Å². The molecule has 0 bridgehead atoms. The van der Waals surface area contributed by atoms with Gasteiger partial charge in [0.15, 0.2) is 0 Å². The molecule has 3 nitrogen and oxygen atoms in total. The van der Waals surface area contributed by atoms with E-state index in [2.05, 4.69) is 23.8 Å². The Labute approximate surface area is 202 Å². The largest absolute Gasteiger partial charge is 0.435 e. The lowest BCUT2D eigenvalue weighted by Crippen LogP contribution is -2.13. The minimum atomic E-state index is -2.89. The van der Waals surface area contributed by atoms with E-state index in [1.165, 1.54) is 107 Å². The van der Waals surface area contributed by atoms with Crippen LogP contribution >= 0.6 is 0 Å². The molecule has 0 amide bonds. The Kier molecular flexibility index (Phi) is 10.8. The summed E-state index contributed by atoms with van der Waals surface area (Å²) < 4.78 is 34.2. The third-order valence-electron chi connectivity index (χ3n) is 6.94. The number of esters is 1. The Morgan fingerprint density at radius 1 is 0.824 bits per heavy atom. The first-order chi connectivity index (χ1) is 16.5. The Hall–Kier alpha value is -2.43. The molecule has 0 saturated heterocycles. The van der Waals surface area contributed by atoms with E-state index in [4.69, 9.17) is 4.74 Å². The lowest BCUT2D eigenvalue weighted by molar-refractivity contribution is -0.0498. The van der Waals surface area contributed by atoms with Gasteiger partial charge in [0.1, 0.15) is 11.5 Å². The van der Waals surface area contributed by atoms with Crippen LogP contribution in [0.15, 0.2) is 48.5 Å². The van der Waals surface area contributed by atoms with E-state index in [9.17, 15) is 13.6 Å². The Morgan fingerprint density at radius 3 is 2.03 bits per heavy atom. The molecule has 0 N–H and O–H groups in total. The van der Waals surface area contributed by atoms with Crippen LogP contribution in [0.25, 0.3) is 0 Å². The van der Waals surface area contributed by atoms with Gasteiger partial charge in [-0.2, -0.15) is 8.78 Å². The van der Waals surface area contributed by atoms with Crippen LogP contribution in [0.5, 0.6) is 11.5 Å². The van der Waals surface area contributed by atoms with Gasteiger partial charge in [-0.3, -0.25) is 0 Å². The van der Waals surface area contributed by atoms with Gasteiger partial charge >= 0.3 is 12.6 Å². The van der Waals surface area contributed by atoms with Gasteiger partial charge in [-0.05, 0) is 79.5 Å².